The van der Waals surface area contributed by atoms with Crippen LogP contribution >= 0.6 is 23.2 Å². The molecule has 8 heteroatoms. The summed E-state index contributed by atoms with van der Waals surface area (Å²) < 4.78 is 20.0. The Balaban J connectivity index is 1.47. The second-order valence-corrected chi connectivity index (χ2v) is 9.21. The summed E-state index contributed by atoms with van der Waals surface area (Å²) in [4.78, 5) is 20.6. The molecule has 1 saturated heterocycles. The fourth-order valence-corrected chi connectivity index (χ4v) is 5.19. The number of rotatable bonds is 5. The van der Waals surface area contributed by atoms with Gasteiger partial charge in [0.2, 0.25) is 6.41 Å². The van der Waals surface area contributed by atoms with Crippen LogP contribution in [0.3, 0.4) is 0 Å². The summed E-state index contributed by atoms with van der Waals surface area (Å²) in [5.74, 6) is -0.738. The van der Waals surface area contributed by atoms with Gasteiger partial charge in [0.15, 0.2) is 0 Å². The van der Waals surface area contributed by atoms with E-state index in [9.17, 15) is 9.18 Å². The Morgan fingerprint density at radius 3 is 2.76 bits per heavy atom. The van der Waals surface area contributed by atoms with Gasteiger partial charge in [-0.15, -0.1) is 0 Å². The number of benzene rings is 2. The molecule has 5 nitrogen and oxygen atoms in total. The van der Waals surface area contributed by atoms with Gasteiger partial charge in [0.25, 0.3) is 0 Å². The number of aromatic nitrogens is 2. The number of pyridine rings is 1. The molecule has 1 fully saturated rings. The summed E-state index contributed by atoms with van der Waals surface area (Å²) in [6.07, 6.45) is 4.41. The number of nitrogens with one attached hydrogen (secondary N) is 1. The second-order valence-electron chi connectivity index (χ2n) is 8.42. The van der Waals surface area contributed by atoms with E-state index in [-0.39, 0.29) is 17.0 Å². The van der Waals surface area contributed by atoms with Gasteiger partial charge in [0.05, 0.1) is 18.2 Å². The lowest BCUT2D eigenvalue weighted by Gasteiger charge is -2.30. The minimum atomic E-state index is -0.495. The van der Waals surface area contributed by atoms with Gasteiger partial charge >= 0.3 is 0 Å². The van der Waals surface area contributed by atoms with Gasteiger partial charge in [-0.3, -0.25) is 4.79 Å². The van der Waals surface area contributed by atoms with Crippen LogP contribution in [0.5, 0.6) is 0 Å². The van der Waals surface area contributed by atoms with Crippen LogP contribution in [0.2, 0.25) is 10.0 Å². The van der Waals surface area contributed by atoms with E-state index in [1.54, 1.807) is 4.90 Å². The molecule has 0 aliphatic carbocycles. The molecule has 174 valence electrons. The molecule has 0 bridgehead atoms. The number of hydrogen-bond acceptors (Lipinski definition) is 3. The van der Waals surface area contributed by atoms with E-state index in [1.807, 2.05) is 43.6 Å². The van der Waals surface area contributed by atoms with Gasteiger partial charge in [-0.25, -0.2) is 9.37 Å². The Hall–Kier alpha value is -2.93. The molecule has 2 atom stereocenters. The highest BCUT2D eigenvalue weighted by Gasteiger charge is 2.23. The number of hydrogen-bond donors (Lipinski definition) is 1. The van der Waals surface area contributed by atoms with Crippen LogP contribution in [0.1, 0.15) is 35.6 Å². The Labute approximate surface area is 206 Å². The topological polar surface area (TPSA) is 58.2 Å². The molecule has 2 unspecified atom stereocenters. The summed E-state index contributed by atoms with van der Waals surface area (Å²) in [5, 5.41) is 1.38. The van der Waals surface area contributed by atoms with Gasteiger partial charge in [-0.2, -0.15) is 0 Å². The van der Waals surface area contributed by atoms with Crippen molar-refractivity contribution in [1.29, 1.82) is 0 Å². The van der Waals surface area contributed by atoms with E-state index >= 15 is 0 Å². The lowest BCUT2D eigenvalue weighted by molar-refractivity contribution is -0.125. The quantitative estimate of drug-likeness (QED) is 0.258. The minimum absolute atomic E-state index is 0.0344. The van der Waals surface area contributed by atoms with Crippen molar-refractivity contribution in [3.05, 3.63) is 87.4 Å². The molecule has 1 N–H and O–H groups in total. The van der Waals surface area contributed by atoms with Crippen molar-refractivity contribution < 1.29 is 13.9 Å². The van der Waals surface area contributed by atoms with Crippen LogP contribution in [-0.4, -0.2) is 41.0 Å². The summed E-state index contributed by atoms with van der Waals surface area (Å²) in [7, 11) is 0. The molecular formula is C26H22Cl2FN3O2. The van der Waals surface area contributed by atoms with Crippen molar-refractivity contribution in [3.63, 3.8) is 0 Å². The van der Waals surface area contributed by atoms with Crippen LogP contribution < -0.4 is 0 Å². The van der Waals surface area contributed by atoms with Gasteiger partial charge in [0, 0.05) is 40.8 Å². The average Bonchev–Trinajstić information content (AvgIpc) is 3.30. The third-order valence-corrected chi connectivity index (χ3v) is 7.12. The number of carbonyl (C=O) groups excluding carboxylic acids is 1. The average molecular weight is 498 g/mol. The number of halogens is 3. The molecule has 34 heavy (non-hydrogen) atoms. The fraction of sp³-hybridized carbons (Fsp3) is 0.231. The largest absolute Gasteiger partial charge is 0.370 e. The van der Waals surface area contributed by atoms with Crippen LogP contribution in [0.4, 0.5) is 4.39 Å². The van der Waals surface area contributed by atoms with E-state index in [4.69, 9.17) is 27.9 Å². The molecule has 0 radical (unpaired) electrons. The maximum absolute atomic E-state index is 14.1. The SMILES string of the molecule is CC(c1c(Cl)ccc(F)c1Cl)c1c[nH]c2ncc(-c3ccc(C4CN(C=O)CCO4)cc3)cc12. The highest BCUT2D eigenvalue weighted by atomic mass is 35.5. The molecule has 5 rings (SSSR count). The van der Waals surface area contributed by atoms with Gasteiger partial charge < -0.3 is 14.6 Å². The maximum Gasteiger partial charge on any atom is 0.209 e. The highest BCUT2D eigenvalue weighted by Crippen LogP contribution is 2.39. The number of morpholine rings is 1. The minimum Gasteiger partial charge on any atom is -0.370 e. The normalized spacial score (nSPS) is 17.2. The number of carbonyl (C=O) groups is 1. The monoisotopic (exact) mass is 497 g/mol. The molecule has 1 amide bonds. The number of fused-ring (bicyclic) bond motifs is 1. The first-order valence-electron chi connectivity index (χ1n) is 11.0. The zero-order valence-electron chi connectivity index (χ0n) is 18.4. The van der Waals surface area contributed by atoms with E-state index in [0.29, 0.717) is 30.3 Å². The smallest absolute Gasteiger partial charge is 0.209 e. The van der Waals surface area contributed by atoms with Crippen LogP contribution in [0.25, 0.3) is 22.2 Å². The van der Waals surface area contributed by atoms with E-state index in [2.05, 4.69) is 16.0 Å². The second kappa shape index (κ2) is 9.37. The molecule has 2 aromatic heterocycles. The van der Waals surface area contributed by atoms with Gasteiger partial charge in [0.1, 0.15) is 17.6 Å². The number of aromatic amines is 1. The van der Waals surface area contributed by atoms with E-state index < -0.39 is 5.82 Å². The first kappa shape index (κ1) is 22.8. The Morgan fingerprint density at radius 1 is 1.21 bits per heavy atom. The molecule has 3 heterocycles. The fourth-order valence-electron chi connectivity index (χ4n) is 4.49. The first-order valence-corrected chi connectivity index (χ1v) is 11.7. The summed E-state index contributed by atoms with van der Waals surface area (Å²) >= 11 is 12.6. The van der Waals surface area contributed by atoms with Crippen molar-refractivity contribution >= 4 is 40.6 Å². The third-order valence-electron chi connectivity index (χ3n) is 6.40. The number of H-pyrrole nitrogens is 1. The highest BCUT2D eigenvalue weighted by molar-refractivity contribution is 6.36. The molecule has 0 saturated carbocycles. The zero-order chi connectivity index (χ0) is 23.8. The standard InChI is InChI=1S/C26H22Cl2FN3O2/c1-15(24-21(27)6-7-22(29)25(24)28)20-12-31-26-19(20)10-18(11-30-26)16-2-4-17(5-3-16)23-13-32(14-33)8-9-34-23/h2-7,10-12,14-15,23H,8-9,13H2,1H3,(H,30,31). The van der Waals surface area contributed by atoms with Crippen molar-refractivity contribution in [2.24, 2.45) is 0 Å². The Morgan fingerprint density at radius 2 is 2.00 bits per heavy atom. The molecular weight excluding hydrogens is 476 g/mol. The maximum atomic E-state index is 14.1. The predicted octanol–water partition coefficient (Wildman–Crippen LogP) is 6.36. The molecule has 2 aromatic carbocycles. The summed E-state index contributed by atoms with van der Waals surface area (Å²) in [5.41, 5.74) is 5.19. The van der Waals surface area contributed by atoms with Crippen LogP contribution in [0.15, 0.2) is 54.9 Å². The first-order chi connectivity index (χ1) is 16.5. The van der Waals surface area contributed by atoms with Crippen LogP contribution in [-0.2, 0) is 9.53 Å². The number of nitrogens with zero attached hydrogens (tertiary/aromatic N) is 2. The Bertz CT molecular complexity index is 1360. The summed E-state index contributed by atoms with van der Waals surface area (Å²) in [6, 6.07) is 12.9. The van der Waals surface area contributed by atoms with Crippen LogP contribution in [0, 0.1) is 5.82 Å². The zero-order valence-corrected chi connectivity index (χ0v) is 19.9. The lowest BCUT2D eigenvalue weighted by atomic mass is 9.92. The molecule has 4 aromatic rings. The van der Waals surface area contributed by atoms with Crippen molar-refractivity contribution in [1.82, 2.24) is 14.9 Å². The number of amides is 1. The van der Waals surface area contributed by atoms with E-state index in [1.165, 1.54) is 12.1 Å². The molecule has 1 aliphatic rings. The van der Waals surface area contributed by atoms with Crippen molar-refractivity contribution in [2.45, 2.75) is 18.9 Å². The molecule has 1 aliphatic heterocycles. The van der Waals surface area contributed by atoms with Crippen molar-refractivity contribution in [3.8, 4) is 11.1 Å². The number of ether oxygens (including phenoxy) is 1. The van der Waals surface area contributed by atoms with Crippen molar-refractivity contribution in [2.75, 3.05) is 19.7 Å². The van der Waals surface area contributed by atoms with Gasteiger partial charge in [-0.1, -0.05) is 54.4 Å². The summed E-state index contributed by atoms with van der Waals surface area (Å²) in [6.45, 7) is 3.64. The molecule has 0 spiro atoms. The lowest BCUT2D eigenvalue weighted by Crippen LogP contribution is -2.37. The predicted molar refractivity (Wildman–Crippen MR) is 132 cm³/mol. The van der Waals surface area contributed by atoms with Gasteiger partial charge in [-0.05, 0) is 40.5 Å². The Kier molecular flexibility index (Phi) is 6.30. The third kappa shape index (κ3) is 4.17. The van der Waals surface area contributed by atoms with E-state index in [0.717, 1.165) is 39.7 Å².